The summed E-state index contributed by atoms with van der Waals surface area (Å²) in [5.41, 5.74) is 7.13. The topological polar surface area (TPSA) is 109 Å². The molecule has 8 heteroatoms. The number of hydrazine groups is 1. The SMILES string of the molecule is CCn1c(C)nc2cc(C(=O)NNC(=O)c3cc(=O)[nH]c4ccccc34)ccc21. The van der Waals surface area contributed by atoms with Crippen molar-refractivity contribution in [3.05, 3.63) is 75.8 Å². The molecule has 0 fully saturated rings. The van der Waals surface area contributed by atoms with Gasteiger partial charge < -0.3 is 9.55 Å². The maximum absolute atomic E-state index is 12.6. The van der Waals surface area contributed by atoms with E-state index in [0.29, 0.717) is 22.0 Å². The van der Waals surface area contributed by atoms with Crippen LogP contribution >= 0.6 is 0 Å². The zero-order valence-corrected chi connectivity index (χ0v) is 15.9. The summed E-state index contributed by atoms with van der Waals surface area (Å²) in [6, 6.07) is 13.4. The summed E-state index contributed by atoms with van der Waals surface area (Å²) in [6.45, 7) is 4.73. The molecule has 146 valence electrons. The van der Waals surface area contributed by atoms with E-state index in [1.165, 1.54) is 6.07 Å². The van der Waals surface area contributed by atoms with E-state index in [4.69, 9.17) is 0 Å². The van der Waals surface area contributed by atoms with Gasteiger partial charge in [-0.2, -0.15) is 0 Å². The van der Waals surface area contributed by atoms with Crippen molar-refractivity contribution in [1.82, 2.24) is 25.4 Å². The van der Waals surface area contributed by atoms with Crippen LogP contribution in [0.5, 0.6) is 0 Å². The molecule has 0 radical (unpaired) electrons. The second-order valence-electron chi connectivity index (χ2n) is 6.61. The lowest BCUT2D eigenvalue weighted by Crippen LogP contribution is -2.42. The molecule has 2 heterocycles. The van der Waals surface area contributed by atoms with Crippen LogP contribution in [0.25, 0.3) is 21.9 Å². The maximum atomic E-state index is 12.6. The number of fused-ring (bicyclic) bond motifs is 2. The number of carbonyl (C=O) groups is 2. The van der Waals surface area contributed by atoms with Gasteiger partial charge in [-0.3, -0.25) is 25.2 Å². The fraction of sp³-hybridized carbons (Fsp3) is 0.143. The number of H-pyrrole nitrogens is 1. The average molecular weight is 389 g/mol. The van der Waals surface area contributed by atoms with Gasteiger partial charge in [0.05, 0.1) is 16.6 Å². The minimum Gasteiger partial charge on any atom is -0.329 e. The maximum Gasteiger partial charge on any atom is 0.270 e. The van der Waals surface area contributed by atoms with Gasteiger partial charge in [0.25, 0.3) is 11.8 Å². The Morgan fingerprint density at radius 2 is 1.83 bits per heavy atom. The summed E-state index contributed by atoms with van der Waals surface area (Å²) in [4.78, 5) is 44.0. The van der Waals surface area contributed by atoms with E-state index in [1.807, 2.05) is 19.9 Å². The van der Waals surface area contributed by atoms with Crippen molar-refractivity contribution in [2.45, 2.75) is 20.4 Å². The Balaban J connectivity index is 1.55. The van der Waals surface area contributed by atoms with Gasteiger partial charge in [-0.05, 0) is 38.1 Å². The standard InChI is InChI=1S/C21H19N5O3/c1-3-26-12(2)22-17-10-13(8-9-18(17)26)20(28)24-25-21(29)15-11-19(27)23-16-7-5-4-6-14(15)16/h4-11H,3H2,1-2H3,(H,23,27)(H,24,28)(H,25,29). The molecule has 29 heavy (non-hydrogen) atoms. The van der Waals surface area contributed by atoms with Crippen LogP contribution in [0.4, 0.5) is 0 Å². The lowest BCUT2D eigenvalue weighted by atomic mass is 10.1. The van der Waals surface area contributed by atoms with Gasteiger partial charge in [0.1, 0.15) is 5.82 Å². The normalized spacial score (nSPS) is 11.0. The Morgan fingerprint density at radius 3 is 2.62 bits per heavy atom. The summed E-state index contributed by atoms with van der Waals surface area (Å²) in [6.07, 6.45) is 0. The number of pyridine rings is 1. The number of para-hydroxylation sites is 1. The number of carbonyl (C=O) groups excluding carboxylic acids is 2. The highest BCUT2D eigenvalue weighted by Gasteiger charge is 2.14. The van der Waals surface area contributed by atoms with Crippen LogP contribution in [-0.4, -0.2) is 26.3 Å². The lowest BCUT2D eigenvalue weighted by Gasteiger charge is -2.09. The number of hydrogen-bond acceptors (Lipinski definition) is 4. The van der Waals surface area contributed by atoms with Crippen LogP contribution < -0.4 is 16.4 Å². The van der Waals surface area contributed by atoms with Crippen LogP contribution in [0.15, 0.2) is 53.3 Å². The zero-order valence-electron chi connectivity index (χ0n) is 15.9. The van der Waals surface area contributed by atoms with Crippen LogP contribution in [-0.2, 0) is 6.54 Å². The van der Waals surface area contributed by atoms with Gasteiger partial charge in [0, 0.05) is 29.1 Å². The van der Waals surface area contributed by atoms with Gasteiger partial charge in [-0.25, -0.2) is 4.98 Å². The molecule has 0 aliphatic heterocycles. The molecule has 4 aromatic rings. The molecule has 0 aliphatic carbocycles. The largest absolute Gasteiger partial charge is 0.329 e. The molecule has 3 N–H and O–H groups in total. The number of nitrogens with one attached hydrogen (secondary N) is 3. The lowest BCUT2D eigenvalue weighted by molar-refractivity contribution is 0.0847. The van der Waals surface area contributed by atoms with Crippen LogP contribution in [0, 0.1) is 6.92 Å². The first kappa shape index (κ1) is 18.4. The molecule has 0 atom stereocenters. The molecular formula is C21H19N5O3. The molecule has 2 aromatic heterocycles. The Hall–Kier alpha value is -3.94. The van der Waals surface area contributed by atoms with E-state index in [0.717, 1.165) is 17.9 Å². The third-order valence-electron chi connectivity index (χ3n) is 4.80. The van der Waals surface area contributed by atoms with E-state index < -0.39 is 17.4 Å². The smallest absolute Gasteiger partial charge is 0.270 e. The van der Waals surface area contributed by atoms with Crippen molar-refractivity contribution in [1.29, 1.82) is 0 Å². The van der Waals surface area contributed by atoms with E-state index >= 15 is 0 Å². The number of aromatic amines is 1. The van der Waals surface area contributed by atoms with Crippen molar-refractivity contribution in [3.63, 3.8) is 0 Å². The van der Waals surface area contributed by atoms with Crippen molar-refractivity contribution < 1.29 is 9.59 Å². The number of benzene rings is 2. The number of rotatable bonds is 3. The number of amides is 2. The number of hydrogen-bond donors (Lipinski definition) is 3. The van der Waals surface area contributed by atoms with Crippen molar-refractivity contribution in [2.75, 3.05) is 0 Å². The molecule has 8 nitrogen and oxygen atoms in total. The third kappa shape index (κ3) is 3.36. The quantitative estimate of drug-likeness (QED) is 0.467. The van der Waals surface area contributed by atoms with E-state index in [9.17, 15) is 14.4 Å². The van der Waals surface area contributed by atoms with E-state index in [1.54, 1.807) is 36.4 Å². The van der Waals surface area contributed by atoms with Gasteiger partial charge in [0.2, 0.25) is 5.56 Å². The van der Waals surface area contributed by atoms with Gasteiger partial charge in [0.15, 0.2) is 0 Å². The first-order chi connectivity index (χ1) is 14.0. The third-order valence-corrected chi connectivity index (χ3v) is 4.80. The molecule has 2 amide bonds. The predicted octanol–water partition coefficient (Wildman–Crippen LogP) is 2.28. The van der Waals surface area contributed by atoms with Crippen LogP contribution in [0.3, 0.4) is 0 Å². The molecule has 0 unspecified atom stereocenters. The Bertz CT molecular complexity index is 1320. The first-order valence-corrected chi connectivity index (χ1v) is 9.17. The fourth-order valence-electron chi connectivity index (χ4n) is 3.44. The highest BCUT2D eigenvalue weighted by Crippen LogP contribution is 2.18. The second kappa shape index (κ2) is 7.23. The monoisotopic (exact) mass is 389 g/mol. The second-order valence-corrected chi connectivity index (χ2v) is 6.61. The highest BCUT2D eigenvalue weighted by molar-refractivity contribution is 6.07. The van der Waals surface area contributed by atoms with Crippen molar-refractivity contribution in [2.24, 2.45) is 0 Å². The predicted molar refractivity (Wildman–Crippen MR) is 110 cm³/mol. The molecule has 0 saturated carbocycles. The number of aromatic nitrogens is 3. The molecular weight excluding hydrogens is 370 g/mol. The molecule has 2 aromatic carbocycles. The Labute approximate surface area is 165 Å². The van der Waals surface area contributed by atoms with Crippen LogP contribution in [0.1, 0.15) is 33.5 Å². The Kier molecular flexibility index (Phi) is 4.59. The number of aryl methyl sites for hydroxylation is 2. The zero-order chi connectivity index (χ0) is 20.5. The van der Waals surface area contributed by atoms with Gasteiger partial charge >= 0.3 is 0 Å². The first-order valence-electron chi connectivity index (χ1n) is 9.17. The molecule has 4 rings (SSSR count). The van der Waals surface area contributed by atoms with Crippen LogP contribution in [0.2, 0.25) is 0 Å². The molecule has 0 saturated heterocycles. The summed E-state index contributed by atoms with van der Waals surface area (Å²) in [7, 11) is 0. The van der Waals surface area contributed by atoms with Gasteiger partial charge in [-0.15, -0.1) is 0 Å². The minimum atomic E-state index is -0.576. The Morgan fingerprint density at radius 1 is 1.07 bits per heavy atom. The van der Waals surface area contributed by atoms with Crippen molar-refractivity contribution >= 4 is 33.8 Å². The highest BCUT2D eigenvalue weighted by atomic mass is 16.2. The number of nitrogens with zero attached hydrogens (tertiary/aromatic N) is 2. The molecule has 0 bridgehead atoms. The number of imidazole rings is 1. The molecule has 0 aliphatic rings. The van der Waals surface area contributed by atoms with E-state index in [-0.39, 0.29) is 5.56 Å². The fourth-order valence-corrected chi connectivity index (χ4v) is 3.44. The summed E-state index contributed by atoms with van der Waals surface area (Å²) in [5, 5.41) is 0.584. The van der Waals surface area contributed by atoms with E-state index in [2.05, 4.69) is 25.4 Å². The summed E-state index contributed by atoms with van der Waals surface area (Å²) >= 11 is 0. The summed E-state index contributed by atoms with van der Waals surface area (Å²) in [5.74, 6) is -0.180. The summed E-state index contributed by atoms with van der Waals surface area (Å²) < 4.78 is 2.05. The molecule has 0 spiro atoms. The average Bonchev–Trinajstić information content (AvgIpc) is 3.04. The minimum absolute atomic E-state index is 0.178. The van der Waals surface area contributed by atoms with Gasteiger partial charge in [-0.1, -0.05) is 18.2 Å². The van der Waals surface area contributed by atoms with Crippen molar-refractivity contribution in [3.8, 4) is 0 Å².